The summed E-state index contributed by atoms with van der Waals surface area (Å²) in [5.41, 5.74) is 0.432. The van der Waals surface area contributed by atoms with Crippen LogP contribution in [-0.2, 0) is 4.79 Å². The molecule has 122 valence electrons. The van der Waals surface area contributed by atoms with Crippen LogP contribution in [0.1, 0.15) is 44.9 Å². The van der Waals surface area contributed by atoms with E-state index < -0.39 is 4.92 Å². The Labute approximate surface area is 135 Å². The molecule has 0 unspecified atom stereocenters. The lowest BCUT2D eigenvalue weighted by Crippen LogP contribution is -2.47. The number of carbonyl (C=O) groups is 1. The van der Waals surface area contributed by atoms with Gasteiger partial charge in [0.15, 0.2) is 0 Å². The van der Waals surface area contributed by atoms with Crippen molar-refractivity contribution in [2.75, 3.05) is 5.32 Å². The molecule has 5 nitrogen and oxygen atoms in total. The normalized spacial score (nSPS) is 34.3. The molecular weight excluding hydrogens is 292 g/mol. The zero-order valence-corrected chi connectivity index (χ0v) is 13.2. The van der Waals surface area contributed by atoms with E-state index in [1.54, 1.807) is 18.2 Å². The molecule has 0 aromatic heterocycles. The minimum absolute atomic E-state index is 0.0358. The third-order valence-corrected chi connectivity index (χ3v) is 6.08. The Morgan fingerprint density at radius 2 is 1.70 bits per heavy atom. The third kappa shape index (κ3) is 2.73. The second kappa shape index (κ2) is 5.32. The summed E-state index contributed by atoms with van der Waals surface area (Å²) in [5.74, 6) is 2.35. The first-order chi connectivity index (χ1) is 11.0. The van der Waals surface area contributed by atoms with Crippen molar-refractivity contribution in [1.29, 1.82) is 0 Å². The molecular formula is C18H22N2O3. The van der Waals surface area contributed by atoms with Crippen molar-refractivity contribution in [2.24, 2.45) is 23.2 Å². The molecule has 0 atom stereocenters. The maximum Gasteiger partial charge on any atom is 0.292 e. The second-order valence-electron chi connectivity index (χ2n) is 7.92. The van der Waals surface area contributed by atoms with Crippen LogP contribution in [0.25, 0.3) is 0 Å². The minimum Gasteiger partial charge on any atom is -0.320 e. The fourth-order valence-corrected chi connectivity index (χ4v) is 5.78. The highest BCUT2D eigenvalue weighted by molar-refractivity contribution is 5.93. The van der Waals surface area contributed by atoms with Gasteiger partial charge in [-0.05, 0) is 67.8 Å². The fraction of sp³-hybridized carbons (Fsp3) is 0.611. The van der Waals surface area contributed by atoms with Crippen molar-refractivity contribution in [3.8, 4) is 0 Å². The van der Waals surface area contributed by atoms with Gasteiger partial charge in [0, 0.05) is 12.5 Å². The number of hydrogen-bond acceptors (Lipinski definition) is 3. The lowest BCUT2D eigenvalue weighted by molar-refractivity contribution is -0.383. The van der Waals surface area contributed by atoms with Crippen molar-refractivity contribution in [1.82, 2.24) is 0 Å². The Balaban J connectivity index is 1.48. The van der Waals surface area contributed by atoms with Gasteiger partial charge < -0.3 is 5.32 Å². The second-order valence-corrected chi connectivity index (χ2v) is 7.92. The molecule has 4 bridgehead atoms. The molecule has 1 aromatic rings. The Hall–Kier alpha value is -1.91. The van der Waals surface area contributed by atoms with Gasteiger partial charge in [-0.3, -0.25) is 14.9 Å². The first-order valence-electron chi connectivity index (χ1n) is 8.56. The van der Waals surface area contributed by atoms with Crippen LogP contribution in [0.4, 0.5) is 11.4 Å². The average molecular weight is 314 g/mol. The van der Waals surface area contributed by atoms with Crippen LogP contribution in [0.15, 0.2) is 24.3 Å². The summed E-state index contributed by atoms with van der Waals surface area (Å²) in [7, 11) is 0. The largest absolute Gasteiger partial charge is 0.320 e. The van der Waals surface area contributed by atoms with Crippen molar-refractivity contribution in [3.63, 3.8) is 0 Å². The predicted octanol–water partition coefficient (Wildman–Crippen LogP) is 4.14. The summed E-state index contributed by atoms with van der Waals surface area (Å²) in [6.45, 7) is 0. The number of carbonyl (C=O) groups excluding carboxylic acids is 1. The lowest BCUT2D eigenvalue weighted by atomic mass is 9.49. The summed E-state index contributed by atoms with van der Waals surface area (Å²) in [6, 6.07) is 6.37. The van der Waals surface area contributed by atoms with E-state index in [1.165, 1.54) is 44.6 Å². The van der Waals surface area contributed by atoms with Gasteiger partial charge in [-0.2, -0.15) is 0 Å². The van der Waals surface area contributed by atoms with Crippen LogP contribution >= 0.6 is 0 Å². The van der Waals surface area contributed by atoms with Gasteiger partial charge in [0.2, 0.25) is 5.91 Å². The molecule has 0 radical (unpaired) electrons. The van der Waals surface area contributed by atoms with Crippen molar-refractivity contribution >= 4 is 17.3 Å². The molecule has 5 rings (SSSR count). The van der Waals surface area contributed by atoms with Crippen LogP contribution < -0.4 is 5.32 Å². The molecule has 1 aromatic carbocycles. The van der Waals surface area contributed by atoms with Crippen LogP contribution in [0.2, 0.25) is 0 Å². The van der Waals surface area contributed by atoms with E-state index in [0.717, 1.165) is 17.8 Å². The molecule has 1 N–H and O–H groups in total. The Kier molecular flexibility index (Phi) is 3.39. The molecule has 0 heterocycles. The highest BCUT2D eigenvalue weighted by Gasteiger charge is 2.51. The first kappa shape index (κ1) is 14.7. The Bertz CT molecular complexity index is 620. The molecule has 4 saturated carbocycles. The number of nitrogens with one attached hydrogen (secondary N) is 1. The Morgan fingerprint density at radius 3 is 2.26 bits per heavy atom. The van der Waals surface area contributed by atoms with E-state index in [-0.39, 0.29) is 17.0 Å². The van der Waals surface area contributed by atoms with Crippen molar-refractivity contribution < 1.29 is 9.72 Å². The van der Waals surface area contributed by atoms with Gasteiger partial charge in [-0.1, -0.05) is 12.1 Å². The monoisotopic (exact) mass is 314 g/mol. The molecule has 0 aliphatic heterocycles. The molecule has 4 fully saturated rings. The first-order valence-corrected chi connectivity index (χ1v) is 8.56. The lowest BCUT2D eigenvalue weighted by Gasteiger charge is -2.56. The van der Waals surface area contributed by atoms with E-state index in [1.807, 2.05) is 0 Å². The zero-order chi connectivity index (χ0) is 16.0. The SMILES string of the molecule is O=C(CC12CC3CC(CC(C3)C1)C2)Nc1ccccc1[N+](=O)[O-]. The average Bonchev–Trinajstić information content (AvgIpc) is 2.45. The number of para-hydroxylation sites is 2. The number of nitro benzene ring substituents is 1. The van der Waals surface area contributed by atoms with Crippen LogP contribution in [-0.4, -0.2) is 10.8 Å². The smallest absolute Gasteiger partial charge is 0.292 e. The van der Waals surface area contributed by atoms with Crippen LogP contribution in [0, 0.1) is 33.3 Å². The number of anilines is 1. The quantitative estimate of drug-likeness (QED) is 0.670. The predicted molar refractivity (Wildman–Crippen MR) is 86.9 cm³/mol. The minimum atomic E-state index is -0.444. The molecule has 4 aliphatic rings. The summed E-state index contributed by atoms with van der Waals surface area (Å²) >= 11 is 0. The Morgan fingerprint density at radius 1 is 1.13 bits per heavy atom. The van der Waals surface area contributed by atoms with Gasteiger partial charge in [0.05, 0.1) is 4.92 Å². The van der Waals surface area contributed by atoms with E-state index in [0.29, 0.717) is 12.1 Å². The highest BCUT2D eigenvalue weighted by atomic mass is 16.6. The number of rotatable bonds is 4. The van der Waals surface area contributed by atoms with Crippen LogP contribution in [0.3, 0.4) is 0 Å². The van der Waals surface area contributed by atoms with Gasteiger partial charge >= 0.3 is 0 Å². The van der Waals surface area contributed by atoms with Gasteiger partial charge in [-0.15, -0.1) is 0 Å². The summed E-state index contributed by atoms with van der Waals surface area (Å²) in [5, 5.41) is 13.9. The molecule has 4 aliphatic carbocycles. The summed E-state index contributed by atoms with van der Waals surface area (Å²) in [6.07, 6.45) is 8.08. The maximum atomic E-state index is 12.5. The summed E-state index contributed by atoms with van der Waals surface area (Å²) < 4.78 is 0. The summed E-state index contributed by atoms with van der Waals surface area (Å²) in [4.78, 5) is 23.2. The molecule has 1 amide bonds. The van der Waals surface area contributed by atoms with Crippen molar-refractivity contribution in [2.45, 2.75) is 44.9 Å². The number of hydrogen-bond donors (Lipinski definition) is 1. The van der Waals surface area contributed by atoms with Gasteiger partial charge in [0.25, 0.3) is 5.69 Å². The molecule has 0 saturated heterocycles. The van der Waals surface area contributed by atoms with Gasteiger partial charge in [0.1, 0.15) is 5.69 Å². The zero-order valence-electron chi connectivity index (χ0n) is 13.2. The van der Waals surface area contributed by atoms with Gasteiger partial charge in [-0.25, -0.2) is 0 Å². The van der Waals surface area contributed by atoms with E-state index in [9.17, 15) is 14.9 Å². The molecule has 5 heteroatoms. The van der Waals surface area contributed by atoms with E-state index in [2.05, 4.69) is 5.32 Å². The van der Waals surface area contributed by atoms with E-state index >= 15 is 0 Å². The van der Waals surface area contributed by atoms with E-state index in [4.69, 9.17) is 0 Å². The highest BCUT2D eigenvalue weighted by Crippen LogP contribution is 2.61. The maximum absolute atomic E-state index is 12.5. The van der Waals surface area contributed by atoms with Crippen molar-refractivity contribution in [3.05, 3.63) is 34.4 Å². The third-order valence-electron chi connectivity index (χ3n) is 6.08. The molecule has 23 heavy (non-hydrogen) atoms. The number of nitrogens with zero attached hydrogens (tertiary/aromatic N) is 1. The topological polar surface area (TPSA) is 72.2 Å². The number of amides is 1. The van der Waals surface area contributed by atoms with Crippen LogP contribution in [0.5, 0.6) is 0 Å². The fourth-order valence-electron chi connectivity index (χ4n) is 5.78. The molecule has 0 spiro atoms. The number of nitro groups is 1. The number of benzene rings is 1. The standard InChI is InChI=1S/C18H22N2O3/c21-17(19-15-3-1-2-4-16(15)20(22)23)11-18-8-12-5-13(9-18)7-14(6-12)10-18/h1-4,12-14H,5-11H2,(H,19,21).